The third-order valence-corrected chi connectivity index (χ3v) is 5.30. The molecule has 0 aromatic heterocycles. The van der Waals surface area contributed by atoms with Gasteiger partial charge in [-0.15, -0.1) is 0 Å². The average molecular weight is 388 g/mol. The van der Waals surface area contributed by atoms with Gasteiger partial charge in [0.1, 0.15) is 0 Å². The summed E-state index contributed by atoms with van der Waals surface area (Å²) in [6, 6.07) is 15.3. The molecule has 0 atom stereocenters. The van der Waals surface area contributed by atoms with Gasteiger partial charge in [-0.1, -0.05) is 55.3 Å². The number of hydrogen-bond donors (Lipinski definition) is 2. The molecule has 0 saturated heterocycles. The van der Waals surface area contributed by atoms with Crippen molar-refractivity contribution in [3.63, 3.8) is 0 Å². The second kappa shape index (κ2) is 10.1. The summed E-state index contributed by atoms with van der Waals surface area (Å²) in [5.74, 6) is 0.760. The summed E-state index contributed by atoms with van der Waals surface area (Å²) in [5, 5.41) is 6.71. The smallest absolute Gasteiger partial charge is 0.191 e. The molecule has 0 amide bonds. The lowest BCUT2D eigenvalue weighted by atomic mass is 10.1. The van der Waals surface area contributed by atoms with Crippen molar-refractivity contribution < 1.29 is 8.42 Å². The van der Waals surface area contributed by atoms with Crippen molar-refractivity contribution in [1.29, 1.82) is 0 Å². The number of guanidine groups is 1. The van der Waals surface area contributed by atoms with E-state index in [9.17, 15) is 8.42 Å². The molecule has 0 bridgehead atoms. The van der Waals surface area contributed by atoms with Crippen LogP contribution in [-0.4, -0.2) is 27.2 Å². The number of nitrogens with zero attached hydrogens (tertiary/aromatic N) is 1. The minimum absolute atomic E-state index is 0.328. The zero-order chi connectivity index (χ0) is 19.7. The molecule has 0 aliphatic rings. The first-order valence-electron chi connectivity index (χ1n) is 9.25. The molecular formula is C21H29N3O2S. The Bertz CT molecular complexity index is 842. The number of sulfone groups is 1. The molecule has 0 unspecified atom stereocenters. The van der Waals surface area contributed by atoms with Gasteiger partial charge in [0, 0.05) is 19.3 Å². The number of unbranched alkanes of at least 4 members (excludes halogenated alkanes) is 1. The molecule has 2 aromatic rings. The molecule has 2 N–H and O–H groups in total. The van der Waals surface area contributed by atoms with E-state index in [0.717, 1.165) is 30.9 Å². The molecule has 0 aliphatic carbocycles. The highest BCUT2D eigenvalue weighted by Gasteiger charge is 2.06. The van der Waals surface area contributed by atoms with Crippen molar-refractivity contribution in [3.05, 3.63) is 65.2 Å². The van der Waals surface area contributed by atoms with Gasteiger partial charge < -0.3 is 10.6 Å². The van der Waals surface area contributed by atoms with E-state index in [4.69, 9.17) is 0 Å². The van der Waals surface area contributed by atoms with Crippen molar-refractivity contribution in [1.82, 2.24) is 10.6 Å². The van der Waals surface area contributed by atoms with Crippen LogP contribution in [0, 0.1) is 6.92 Å². The van der Waals surface area contributed by atoms with Gasteiger partial charge in [0.15, 0.2) is 15.8 Å². The van der Waals surface area contributed by atoms with Crippen LogP contribution in [0.1, 0.15) is 36.5 Å². The Balaban J connectivity index is 2.01. The van der Waals surface area contributed by atoms with Gasteiger partial charge in [-0.3, -0.25) is 0 Å². The fraction of sp³-hybridized carbons (Fsp3) is 0.381. The van der Waals surface area contributed by atoms with Crippen LogP contribution in [0.5, 0.6) is 0 Å². The van der Waals surface area contributed by atoms with E-state index in [0.29, 0.717) is 18.0 Å². The van der Waals surface area contributed by atoms with Gasteiger partial charge in [0.2, 0.25) is 0 Å². The molecule has 27 heavy (non-hydrogen) atoms. The van der Waals surface area contributed by atoms with Crippen LogP contribution in [0.25, 0.3) is 0 Å². The lowest BCUT2D eigenvalue weighted by molar-refractivity contribution is 0.602. The van der Waals surface area contributed by atoms with Gasteiger partial charge in [0.05, 0.1) is 11.4 Å². The lowest BCUT2D eigenvalue weighted by Gasteiger charge is -2.13. The largest absolute Gasteiger partial charge is 0.356 e. The number of nitrogens with one attached hydrogen (secondary N) is 2. The van der Waals surface area contributed by atoms with E-state index in [1.54, 1.807) is 12.1 Å². The maximum atomic E-state index is 11.6. The zero-order valence-electron chi connectivity index (χ0n) is 16.3. The van der Waals surface area contributed by atoms with Gasteiger partial charge in [-0.2, -0.15) is 0 Å². The molecule has 0 spiro atoms. The van der Waals surface area contributed by atoms with E-state index in [1.165, 1.54) is 17.4 Å². The standard InChI is InChI=1S/C21H29N3O2S/c1-4-5-14-22-21(23-15-18-8-6-17(2)7-9-18)24-16-19-10-12-20(13-11-19)27(3,25)26/h6-13H,4-5,14-16H2,1-3H3,(H2,22,23,24). The van der Waals surface area contributed by atoms with E-state index < -0.39 is 9.84 Å². The minimum Gasteiger partial charge on any atom is -0.356 e. The van der Waals surface area contributed by atoms with Crippen molar-refractivity contribution >= 4 is 15.8 Å². The number of hydrogen-bond acceptors (Lipinski definition) is 3. The van der Waals surface area contributed by atoms with Crippen molar-refractivity contribution in [2.24, 2.45) is 4.99 Å². The Morgan fingerprint density at radius 2 is 1.59 bits per heavy atom. The monoisotopic (exact) mass is 387 g/mol. The highest BCUT2D eigenvalue weighted by molar-refractivity contribution is 7.90. The Kier molecular flexibility index (Phi) is 7.85. The molecule has 0 radical (unpaired) electrons. The average Bonchev–Trinajstić information content (AvgIpc) is 2.64. The van der Waals surface area contributed by atoms with Crippen LogP contribution in [0.4, 0.5) is 0 Å². The zero-order valence-corrected chi connectivity index (χ0v) is 17.1. The van der Waals surface area contributed by atoms with Crippen LogP contribution in [0.3, 0.4) is 0 Å². The Morgan fingerprint density at radius 1 is 0.963 bits per heavy atom. The molecule has 2 aromatic carbocycles. The molecule has 6 heteroatoms. The quantitative estimate of drug-likeness (QED) is 0.414. The number of aliphatic imine (C=N–C) groups is 1. The number of rotatable bonds is 8. The van der Waals surface area contributed by atoms with Crippen LogP contribution < -0.4 is 10.6 Å². The third kappa shape index (κ3) is 7.43. The van der Waals surface area contributed by atoms with Crippen LogP contribution in [0.15, 0.2) is 58.4 Å². The Hall–Kier alpha value is -2.34. The molecule has 0 heterocycles. The lowest BCUT2D eigenvalue weighted by Crippen LogP contribution is -2.37. The maximum Gasteiger partial charge on any atom is 0.191 e. The summed E-state index contributed by atoms with van der Waals surface area (Å²) >= 11 is 0. The fourth-order valence-electron chi connectivity index (χ4n) is 2.46. The molecule has 0 aliphatic heterocycles. The molecule has 2 rings (SSSR count). The molecular weight excluding hydrogens is 358 g/mol. The fourth-order valence-corrected chi connectivity index (χ4v) is 3.09. The summed E-state index contributed by atoms with van der Waals surface area (Å²) in [6.07, 6.45) is 3.41. The first kappa shape index (κ1) is 21.0. The summed E-state index contributed by atoms with van der Waals surface area (Å²) in [5.41, 5.74) is 3.41. The van der Waals surface area contributed by atoms with Gasteiger partial charge in [-0.05, 0) is 36.6 Å². The second-order valence-corrected chi connectivity index (χ2v) is 8.72. The normalized spacial score (nSPS) is 12.0. The highest BCUT2D eigenvalue weighted by atomic mass is 32.2. The Labute approximate surface area is 162 Å². The minimum atomic E-state index is -3.17. The van der Waals surface area contributed by atoms with Crippen molar-refractivity contribution in [3.8, 4) is 0 Å². The van der Waals surface area contributed by atoms with Gasteiger partial charge in [0.25, 0.3) is 0 Å². The van der Waals surface area contributed by atoms with E-state index in [1.807, 2.05) is 12.1 Å². The van der Waals surface area contributed by atoms with Gasteiger partial charge in [-0.25, -0.2) is 13.4 Å². The van der Waals surface area contributed by atoms with Crippen LogP contribution in [0.2, 0.25) is 0 Å². The summed E-state index contributed by atoms with van der Waals surface area (Å²) in [7, 11) is -3.17. The highest BCUT2D eigenvalue weighted by Crippen LogP contribution is 2.11. The molecule has 0 fully saturated rings. The SMILES string of the molecule is CCCCNC(=NCc1ccc(S(C)(=O)=O)cc1)NCc1ccc(C)cc1. The van der Waals surface area contributed by atoms with Crippen LogP contribution in [-0.2, 0) is 22.9 Å². The summed E-state index contributed by atoms with van der Waals surface area (Å²) < 4.78 is 23.1. The van der Waals surface area contributed by atoms with E-state index in [2.05, 4.69) is 53.7 Å². The van der Waals surface area contributed by atoms with E-state index >= 15 is 0 Å². The summed E-state index contributed by atoms with van der Waals surface area (Å²) in [6.45, 7) is 6.28. The number of benzene rings is 2. The van der Waals surface area contributed by atoms with Crippen molar-refractivity contribution in [2.45, 2.75) is 44.7 Å². The van der Waals surface area contributed by atoms with E-state index in [-0.39, 0.29) is 0 Å². The molecule has 146 valence electrons. The topological polar surface area (TPSA) is 70.6 Å². The third-order valence-electron chi connectivity index (χ3n) is 4.17. The summed E-state index contributed by atoms with van der Waals surface area (Å²) in [4.78, 5) is 4.96. The van der Waals surface area contributed by atoms with Crippen molar-refractivity contribution in [2.75, 3.05) is 12.8 Å². The predicted molar refractivity (Wildman–Crippen MR) is 112 cm³/mol. The number of aryl methyl sites for hydroxylation is 1. The second-order valence-electron chi connectivity index (χ2n) is 6.70. The Morgan fingerprint density at radius 3 is 2.19 bits per heavy atom. The first-order chi connectivity index (χ1) is 12.9. The first-order valence-corrected chi connectivity index (χ1v) is 11.1. The molecule has 5 nitrogen and oxygen atoms in total. The molecule has 0 saturated carbocycles. The predicted octanol–water partition coefficient (Wildman–Crippen LogP) is 3.43. The van der Waals surface area contributed by atoms with Gasteiger partial charge >= 0.3 is 0 Å². The van der Waals surface area contributed by atoms with Crippen LogP contribution >= 0.6 is 0 Å². The maximum absolute atomic E-state index is 11.6.